The topological polar surface area (TPSA) is 52.1 Å². The first-order valence-corrected chi connectivity index (χ1v) is 11.1. The zero-order valence-electron chi connectivity index (χ0n) is 15.6. The minimum atomic E-state index is 0.0906. The molecule has 0 unspecified atom stereocenters. The molecular weight excluding hydrogens is 376 g/mol. The lowest BCUT2D eigenvalue weighted by molar-refractivity contribution is 0.102. The van der Waals surface area contributed by atoms with Crippen LogP contribution < -0.4 is 4.74 Å². The highest BCUT2D eigenvalue weighted by molar-refractivity contribution is 8.00. The number of methoxy groups -OCH3 is 1. The molecule has 0 saturated carbocycles. The number of ketones is 1. The summed E-state index contributed by atoms with van der Waals surface area (Å²) in [5, 5.41) is 2.16. The van der Waals surface area contributed by atoms with E-state index in [4.69, 9.17) is 14.7 Å². The number of aromatic nitrogens is 2. The molecule has 1 aliphatic carbocycles. The molecule has 27 heavy (non-hydrogen) atoms. The van der Waals surface area contributed by atoms with Crippen molar-refractivity contribution in [2.45, 2.75) is 44.1 Å². The van der Waals surface area contributed by atoms with Gasteiger partial charge in [-0.1, -0.05) is 30.8 Å². The van der Waals surface area contributed by atoms with Crippen LogP contribution in [0.4, 0.5) is 0 Å². The maximum absolute atomic E-state index is 12.7. The number of hydrogen-bond donors (Lipinski definition) is 0. The van der Waals surface area contributed by atoms with Crippen LogP contribution in [-0.4, -0.2) is 28.6 Å². The Bertz CT molecular complexity index is 997. The first kappa shape index (κ1) is 18.4. The van der Waals surface area contributed by atoms with E-state index >= 15 is 0 Å². The van der Waals surface area contributed by atoms with Crippen LogP contribution in [0.2, 0.25) is 0 Å². The first-order chi connectivity index (χ1) is 13.2. The summed E-state index contributed by atoms with van der Waals surface area (Å²) < 4.78 is 5.23. The molecular formula is C21H22N2O2S2. The van der Waals surface area contributed by atoms with Crippen LogP contribution in [0.3, 0.4) is 0 Å². The molecule has 0 fully saturated rings. The molecule has 4 rings (SSSR count). The summed E-state index contributed by atoms with van der Waals surface area (Å²) in [6.07, 6.45) is 5.52. The second-order valence-electron chi connectivity index (χ2n) is 6.63. The van der Waals surface area contributed by atoms with Crippen LogP contribution in [0.5, 0.6) is 5.75 Å². The van der Waals surface area contributed by atoms with Gasteiger partial charge in [0.1, 0.15) is 21.4 Å². The Morgan fingerprint density at radius 2 is 2.11 bits per heavy atom. The van der Waals surface area contributed by atoms with Crippen LogP contribution in [0.15, 0.2) is 29.3 Å². The van der Waals surface area contributed by atoms with Gasteiger partial charge in [0, 0.05) is 22.2 Å². The number of ether oxygens (including phenoxy) is 1. The highest BCUT2D eigenvalue weighted by atomic mass is 32.2. The molecule has 0 radical (unpaired) electrons. The fourth-order valence-electron chi connectivity index (χ4n) is 3.44. The lowest BCUT2D eigenvalue weighted by Gasteiger charge is -2.12. The van der Waals surface area contributed by atoms with Crippen molar-refractivity contribution < 1.29 is 9.53 Å². The minimum absolute atomic E-state index is 0.0906. The summed E-state index contributed by atoms with van der Waals surface area (Å²) in [6.45, 7) is 2.07. The first-order valence-electron chi connectivity index (χ1n) is 9.30. The number of rotatable bonds is 6. The molecule has 0 N–H and O–H groups in total. The second-order valence-corrected chi connectivity index (χ2v) is 8.68. The third kappa shape index (κ3) is 3.73. The van der Waals surface area contributed by atoms with Gasteiger partial charge in [-0.2, -0.15) is 0 Å². The molecule has 0 spiro atoms. The molecule has 4 nitrogen and oxygen atoms in total. The number of hydrogen-bond acceptors (Lipinski definition) is 6. The molecule has 1 aromatic carbocycles. The fourth-order valence-corrected chi connectivity index (χ4v) is 5.76. The molecule has 6 heteroatoms. The van der Waals surface area contributed by atoms with Gasteiger partial charge in [0.25, 0.3) is 0 Å². The van der Waals surface area contributed by atoms with Crippen molar-refractivity contribution >= 4 is 39.1 Å². The molecule has 0 bridgehead atoms. The van der Waals surface area contributed by atoms with Gasteiger partial charge in [-0.3, -0.25) is 4.79 Å². The van der Waals surface area contributed by atoms with Gasteiger partial charge >= 0.3 is 0 Å². The lowest BCUT2D eigenvalue weighted by Crippen LogP contribution is -2.05. The Labute approximate surface area is 167 Å². The fraction of sp³-hybridized carbons (Fsp3) is 0.381. The summed E-state index contributed by atoms with van der Waals surface area (Å²) in [7, 11) is 1.61. The van der Waals surface area contributed by atoms with Gasteiger partial charge in [0.05, 0.1) is 12.9 Å². The smallest absolute Gasteiger partial charge is 0.173 e. The van der Waals surface area contributed by atoms with E-state index in [-0.39, 0.29) is 5.78 Å². The van der Waals surface area contributed by atoms with Crippen molar-refractivity contribution in [2.24, 2.45) is 0 Å². The Hall–Kier alpha value is -1.92. The molecule has 1 aliphatic rings. The van der Waals surface area contributed by atoms with E-state index in [1.165, 1.54) is 40.4 Å². The molecule has 0 atom stereocenters. The molecule has 3 aromatic rings. The number of carbonyl (C=O) groups excluding carboxylic acids is 1. The number of benzene rings is 1. The Kier molecular flexibility index (Phi) is 5.45. The Morgan fingerprint density at radius 3 is 2.93 bits per heavy atom. The van der Waals surface area contributed by atoms with E-state index in [0.29, 0.717) is 17.1 Å². The van der Waals surface area contributed by atoms with E-state index in [1.807, 2.05) is 29.5 Å². The van der Waals surface area contributed by atoms with Crippen molar-refractivity contribution in [1.29, 1.82) is 0 Å². The summed E-state index contributed by atoms with van der Waals surface area (Å²) in [6, 6.07) is 7.33. The van der Waals surface area contributed by atoms with E-state index in [0.717, 1.165) is 34.9 Å². The van der Waals surface area contributed by atoms with E-state index < -0.39 is 0 Å². The maximum atomic E-state index is 12.7. The molecule has 2 heterocycles. The average molecular weight is 399 g/mol. The number of Topliss-reactive ketones (excluding diaryl/α,β-unsaturated/α-hetero) is 1. The van der Waals surface area contributed by atoms with Crippen LogP contribution in [0.1, 0.15) is 46.4 Å². The molecule has 140 valence electrons. The summed E-state index contributed by atoms with van der Waals surface area (Å²) >= 11 is 3.35. The molecule has 0 amide bonds. The predicted octanol–water partition coefficient (Wildman–Crippen LogP) is 5.12. The van der Waals surface area contributed by atoms with Crippen molar-refractivity contribution in [3.8, 4) is 5.75 Å². The summed E-state index contributed by atoms with van der Waals surface area (Å²) in [5.74, 6) is 2.02. The number of thiophene rings is 1. The highest BCUT2D eigenvalue weighted by Crippen LogP contribution is 2.39. The van der Waals surface area contributed by atoms with Crippen LogP contribution >= 0.6 is 23.1 Å². The van der Waals surface area contributed by atoms with Crippen LogP contribution in [0.25, 0.3) is 10.2 Å². The maximum Gasteiger partial charge on any atom is 0.173 e. The number of nitrogens with zero attached hydrogens (tertiary/aromatic N) is 2. The van der Waals surface area contributed by atoms with Gasteiger partial charge in [-0.15, -0.1) is 11.3 Å². The largest absolute Gasteiger partial charge is 0.497 e. The van der Waals surface area contributed by atoms with Crippen molar-refractivity contribution in [3.05, 3.63) is 46.1 Å². The lowest BCUT2D eigenvalue weighted by atomic mass is 9.97. The minimum Gasteiger partial charge on any atom is -0.497 e. The highest BCUT2D eigenvalue weighted by Gasteiger charge is 2.21. The Morgan fingerprint density at radius 1 is 1.26 bits per heavy atom. The van der Waals surface area contributed by atoms with Gasteiger partial charge in [-0.25, -0.2) is 9.97 Å². The predicted molar refractivity (Wildman–Crippen MR) is 111 cm³/mol. The third-order valence-electron chi connectivity index (χ3n) is 4.88. The number of aryl methyl sites for hydroxylation is 3. The normalized spacial score (nSPS) is 13.6. The van der Waals surface area contributed by atoms with Crippen molar-refractivity contribution in [2.75, 3.05) is 12.9 Å². The van der Waals surface area contributed by atoms with Crippen molar-refractivity contribution in [1.82, 2.24) is 9.97 Å². The van der Waals surface area contributed by atoms with Gasteiger partial charge in [0.15, 0.2) is 5.78 Å². The third-order valence-corrected chi connectivity index (χ3v) is 7.04. The van der Waals surface area contributed by atoms with Crippen LogP contribution in [0, 0.1) is 0 Å². The van der Waals surface area contributed by atoms with Crippen LogP contribution in [-0.2, 0) is 19.3 Å². The zero-order valence-corrected chi connectivity index (χ0v) is 17.2. The number of thioether (sulfide) groups is 1. The SMILES string of the molecule is CCc1nc(SCC(=O)c2cccc(OC)c2)c2c3c(sc2n1)CCCC3. The molecule has 0 saturated heterocycles. The average Bonchev–Trinajstić information content (AvgIpc) is 3.10. The monoisotopic (exact) mass is 398 g/mol. The van der Waals surface area contributed by atoms with Gasteiger partial charge < -0.3 is 4.74 Å². The quantitative estimate of drug-likeness (QED) is 0.328. The molecule has 2 aromatic heterocycles. The summed E-state index contributed by atoms with van der Waals surface area (Å²) in [5.41, 5.74) is 2.09. The number of carbonyl (C=O) groups is 1. The van der Waals surface area contributed by atoms with E-state index in [1.54, 1.807) is 13.2 Å². The summed E-state index contributed by atoms with van der Waals surface area (Å²) in [4.78, 5) is 24.8. The Balaban J connectivity index is 1.64. The van der Waals surface area contributed by atoms with E-state index in [9.17, 15) is 4.79 Å². The van der Waals surface area contributed by atoms with Gasteiger partial charge in [0.2, 0.25) is 0 Å². The van der Waals surface area contributed by atoms with E-state index in [2.05, 4.69) is 6.92 Å². The second kappa shape index (κ2) is 7.98. The zero-order chi connectivity index (χ0) is 18.8. The number of fused-ring (bicyclic) bond motifs is 3. The van der Waals surface area contributed by atoms with Crippen molar-refractivity contribution in [3.63, 3.8) is 0 Å². The van der Waals surface area contributed by atoms with Gasteiger partial charge in [-0.05, 0) is 43.4 Å². The molecule has 0 aliphatic heterocycles. The standard InChI is InChI=1S/C21H22N2O2S2/c1-3-18-22-20(19-15-9-4-5-10-17(15)27-21(19)23-18)26-12-16(24)13-7-6-8-14(11-13)25-2/h6-8,11H,3-5,9-10,12H2,1-2H3.